The molecule has 1 N–H and O–H groups in total. The lowest BCUT2D eigenvalue weighted by Gasteiger charge is -2.28. The average molecular weight is 448 g/mol. The Bertz CT molecular complexity index is 922. The molecule has 1 aliphatic heterocycles. The summed E-state index contributed by atoms with van der Waals surface area (Å²) >= 11 is 0. The Morgan fingerprint density at radius 2 is 1.21 bits per heavy atom. The van der Waals surface area contributed by atoms with Crippen molar-refractivity contribution in [1.82, 2.24) is 4.90 Å². The van der Waals surface area contributed by atoms with Gasteiger partial charge in [0.15, 0.2) is 0 Å². The van der Waals surface area contributed by atoms with Crippen LogP contribution in [0.3, 0.4) is 0 Å². The van der Waals surface area contributed by atoms with Gasteiger partial charge in [0.25, 0.3) is 0 Å². The summed E-state index contributed by atoms with van der Waals surface area (Å²) in [6.07, 6.45) is -0.262. The first-order valence-electron chi connectivity index (χ1n) is 11.6. The fourth-order valence-electron chi connectivity index (χ4n) is 4.29. The predicted octanol–water partition coefficient (Wildman–Crippen LogP) is 4.05. The lowest BCUT2D eigenvalue weighted by Crippen LogP contribution is -2.42. The minimum atomic E-state index is -0.156. The molecule has 174 valence electrons. The summed E-state index contributed by atoms with van der Waals surface area (Å²) in [6, 6.07) is 30.6. The van der Waals surface area contributed by atoms with E-state index in [1.807, 2.05) is 54.6 Å². The van der Waals surface area contributed by atoms with Crippen LogP contribution in [0.5, 0.6) is 0 Å². The van der Waals surface area contributed by atoms with Crippen molar-refractivity contribution in [2.24, 2.45) is 0 Å². The van der Waals surface area contributed by atoms with Gasteiger partial charge in [0.05, 0.1) is 45.2 Å². The first-order valence-corrected chi connectivity index (χ1v) is 11.6. The van der Waals surface area contributed by atoms with E-state index in [1.165, 1.54) is 0 Å². The van der Waals surface area contributed by atoms with Gasteiger partial charge in [0, 0.05) is 13.1 Å². The van der Waals surface area contributed by atoms with Crippen molar-refractivity contribution >= 4 is 0 Å². The summed E-state index contributed by atoms with van der Waals surface area (Å²) in [4.78, 5) is 2.23. The third-order valence-electron chi connectivity index (χ3n) is 6.01. The second-order valence-electron chi connectivity index (χ2n) is 8.38. The molecule has 1 heterocycles. The van der Waals surface area contributed by atoms with Crippen molar-refractivity contribution in [1.29, 1.82) is 0 Å². The molecule has 1 saturated heterocycles. The van der Waals surface area contributed by atoms with Gasteiger partial charge in [-0.25, -0.2) is 0 Å². The number of benzene rings is 3. The first kappa shape index (κ1) is 23.6. The molecule has 0 amide bonds. The second-order valence-corrected chi connectivity index (χ2v) is 8.38. The molecule has 0 aliphatic carbocycles. The monoisotopic (exact) mass is 447 g/mol. The molecular weight excluding hydrogens is 414 g/mol. The van der Waals surface area contributed by atoms with Crippen LogP contribution < -0.4 is 0 Å². The normalized spacial score (nSPS) is 20.8. The van der Waals surface area contributed by atoms with Gasteiger partial charge in [0.1, 0.15) is 6.10 Å². The molecule has 0 radical (unpaired) electrons. The third kappa shape index (κ3) is 6.97. The summed E-state index contributed by atoms with van der Waals surface area (Å²) in [5.74, 6) is 0. The van der Waals surface area contributed by atoms with Crippen molar-refractivity contribution in [3.8, 4) is 0 Å². The molecule has 4 rings (SSSR count). The summed E-state index contributed by atoms with van der Waals surface area (Å²) in [7, 11) is 0. The molecule has 0 saturated carbocycles. The molecule has 1 aliphatic rings. The van der Waals surface area contributed by atoms with Gasteiger partial charge in [-0.15, -0.1) is 0 Å². The van der Waals surface area contributed by atoms with Gasteiger partial charge < -0.3 is 19.3 Å². The van der Waals surface area contributed by atoms with Crippen LogP contribution >= 0.6 is 0 Å². The highest BCUT2D eigenvalue weighted by molar-refractivity contribution is 5.15. The van der Waals surface area contributed by atoms with Crippen LogP contribution in [-0.2, 0) is 34.0 Å². The molecule has 1 fully saturated rings. The highest BCUT2D eigenvalue weighted by atomic mass is 16.5. The quantitative estimate of drug-likeness (QED) is 0.454. The molecule has 0 bridgehead atoms. The first-order chi connectivity index (χ1) is 16.3. The number of β-amino-alcohol motifs (C(OH)–C–C–N with tert-alkyl or cyclic N) is 1. The molecule has 5 nitrogen and oxygen atoms in total. The van der Waals surface area contributed by atoms with Crippen LogP contribution in [0.1, 0.15) is 16.7 Å². The Hall–Kier alpha value is -2.54. The smallest absolute Gasteiger partial charge is 0.103 e. The summed E-state index contributed by atoms with van der Waals surface area (Å²) in [5, 5.41) is 9.67. The van der Waals surface area contributed by atoms with E-state index >= 15 is 0 Å². The van der Waals surface area contributed by atoms with E-state index in [0.717, 1.165) is 16.7 Å². The van der Waals surface area contributed by atoms with Gasteiger partial charge in [-0.1, -0.05) is 91.0 Å². The summed E-state index contributed by atoms with van der Waals surface area (Å²) in [5.41, 5.74) is 3.41. The fourth-order valence-corrected chi connectivity index (χ4v) is 4.29. The zero-order valence-electron chi connectivity index (χ0n) is 19.0. The van der Waals surface area contributed by atoms with Gasteiger partial charge in [-0.05, 0) is 16.7 Å². The number of aliphatic hydroxyl groups excluding tert-OH is 1. The molecule has 3 unspecified atom stereocenters. The molecule has 5 heteroatoms. The number of aliphatic hydroxyl groups is 1. The molecule has 3 aromatic rings. The van der Waals surface area contributed by atoms with E-state index < -0.39 is 0 Å². The third-order valence-corrected chi connectivity index (χ3v) is 6.01. The number of rotatable bonds is 12. The maximum absolute atomic E-state index is 9.67. The molecule has 3 aromatic carbocycles. The minimum absolute atomic E-state index is 0.00495. The maximum Gasteiger partial charge on any atom is 0.103 e. The molecule has 33 heavy (non-hydrogen) atoms. The maximum atomic E-state index is 9.67. The van der Waals surface area contributed by atoms with Gasteiger partial charge >= 0.3 is 0 Å². The Morgan fingerprint density at radius 3 is 1.76 bits per heavy atom. The summed E-state index contributed by atoms with van der Waals surface area (Å²) in [6.45, 7) is 3.46. The zero-order chi connectivity index (χ0) is 22.7. The van der Waals surface area contributed by atoms with Crippen LogP contribution in [0.25, 0.3) is 0 Å². The Labute approximate surface area is 196 Å². The highest BCUT2D eigenvalue weighted by Crippen LogP contribution is 2.26. The van der Waals surface area contributed by atoms with Gasteiger partial charge in [-0.2, -0.15) is 0 Å². The minimum Gasteiger partial charge on any atom is -0.395 e. The van der Waals surface area contributed by atoms with Gasteiger partial charge in [0.2, 0.25) is 0 Å². The van der Waals surface area contributed by atoms with Crippen molar-refractivity contribution < 1.29 is 19.3 Å². The molecule has 0 spiro atoms. The van der Waals surface area contributed by atoms with Crippen molar-refractivity contribution in [3.63, 3.8) is 0 Å². The topological polar surface area (TPSA) is 51.2 Å². The average Bonchev–Trinajstić information content (AvgIpc) is 3.19. The summed E-state index contributed by atoms with van der Waals surface area (Å²) < 4.78 is 18.9. The van der Waals surface area contributed by atoms with Crippen molar-refractivity contribution in [2.75, 3.05) is 26.3 Å². The van der Waals surface area contributed by atoms with E-state index in [2.05, 4.69) is 41.3 Å². The number of hydrogen-bond donors (Lipinski definition) is 1. The van der Waals surface area contributed by atoms with E-state index in [1.54, 1.807) is 0 Å². The van der Waals surface area contributed by atoms with Crippen molar-refractivity contribution in [3.05, 3.63) is 108 Å². The Kier molecular flexibility index (Phi) is 9.04. The lowest BCUT2D eigenvalue weighted by molar-refractivity contribution is -0.0819. The Morgan fingerprint density at radius 1 is 0.697 bits per heavy atom. The molecule has 0 aromatic heterocycles. The van der Waals surface area contributed by atoms with Crippen LogP contribution in [0, 0.1) is 0 Å². The largest absolute Gasteiger partial charge is 0.395 e. The number of nitrogens with zero attached hydrogens (tertiary/aromatic N) is 1. The SMILES string of the molecule is OCCN1CC(OCc2ccccc2)C(OCc2ccccc2)C1COCc1ccccc1. The van der Waals surface area contributed by atoms with Gasteiger partial charge in [-0.3, -0.25) is 4.90 Å². The highest BCUT2D eigenvalue weighted by Gasteiger charge is 2.43. The molecular formula is C28H33NO4. The standard InChI is InChI=1S/C28H33NO4/c30-17-16-29-18-27(32-20-24-12-6-2-7-13-24)28(33-21-25-14-8-3-9-15-25)26(29)22-31-19-23-10-4-1-5-11-23/h1-15,26-28,30H,16-22H2. The van der Waals surface area contributed by atoms with Crippen LogP contribution in [0.4, 0.5) is 0 Å². The second kappa shape index (κ2) is 12.6. The fraction of sp³-hybridized carbons (Fsp3) is 0.357. The predicted molar refractivity (Wildman–Crippen MR) is 129 cm³/mol. The van der Waals surface area contributed by atoms with E-state index in [-0.39, 0.29) is 24.9 Å². The van der Waals surface area contributed by atoms with E-state index in [4.69, 9.17) is 14.2 Å². The number of likely N-dealkylation sites (tertiary alicyclic amines) is 1. The Balaban J connectivity index is 1.44. The number of hydrogen-bond acceptors (Lipinski definition) is 5. The van der Waals surface area contributed by atoms with Crippen molar-refractivity contribution in [2.45, 2.75) is 38.1 Å². The van der Waals surface area contributed by atoms with Crippen LogP contribution in [0.2, 0.25) is 0 Å². The molecule has 3 atom stereocenters. The van der Waals surface area contributed by atoms with E-state index in [0.29, 0.717) is 39.5 Å². The lowest BCUT2D eigenvalue weighted by atomic mass is 10.1. The van der Waals surface area contributed by atoms with E-state index in [9.17, 15) is 5.11 Å². The van der Waals surface area contributed by atoms with Crippen LogP contribution in [0.15, 0.2) is 91.0 Å². The van der Waals surface area contributed by atoms with Crippen LogP contribution in [-0.4, -0.2) is 54.6 Å². The zero-order valence-corrected chi connectivity index (χ0v) is 19.0. The number of ether oxygens (including phenoxy) is 3.